The highest BCUT2D eigenvalue weighted by molar-refractivity contribution is 9.10. The Morgan fingerprint density at radius 1 is 1.33 bits per heavy atom. The molecular formula is C8H9BrN6. The Kier molecular flexibility index (Phi) is 2.91. The molecule has 6 nitrogen and oxygen atoms in total. The van der Waals surface area contributed by atoms with Gasteiger partial charge in [0.1, 0.15) is 6.33 Å². The van der Waals surface area contributed by atoms with Crippen molar-refractivity contribution in [1.29, 1.82) is 0 Å². The molecule has 0 radical (unpaired) electrons. The van der Waals surface area contributed by atoms with E-state index in [1.165, 1.54) is 0 Å². The Balaban J connectivity index is 1.96. The van der Waals surface area contributed by atoms with Crippen molar-refractivity contribution < 1.29 is 0 Å². The van der Waals surface area contributed by atoms with Gasteiger partial charge in [-0.2, -0.15) is 5.10 Å². The van der Waals surface area contributed by atoms with E-state index in [9.17, 15) is 0 Å². The molecule has 7 heteroatoms. The first-order chi connectivity index (χ1) is 7.24. The Bertz CT molecular complexity index is 437. The minimum Gasteiger partial charge on any atom is -0.347 e. The van der Waals surface area contributed by atoms with E-state index in [0.717, 1.165) is 4.47 Å². The van der Waals surface area contributed by atoms with Crippen LogP contribution < -0.4 is 5.32 Å². The Hall–Kier alpha value is -1.50. The fourth-order valence-electron chi connectivity index (χ4n) is 1.03. The van der Waals surface area contributed by atoms with Crippen molar-refractivity contribution in [2.75, 3.05) is 5.32 Å². The van der Waals surface area contributed by atoms with Crippen LogP contribution in [-0.4, -0.2) is 24.7 Å². The van der Waals surface area contributed by atoms with E-state index < -0.39 is 0 Å². The molecule has 0 bridgehead atoms. The van der Waals surface area contributed by atoms with Crippen molar-refractivity contribution in [3.05, 3.63) is 29.0 Å². The topological polar surface area (TPSA) is 68.5 Å². The molecule has 0 saturated heterocycles. The van der Waals surface area contributed by atoms with Gasteiger partial charge in [-0.1, -0.05) is 0 Å². The summed E-state index contributed by atoms with van der Waals surface area (Å²) in [6, 6.07) is 0. The molecule has 0 aliphatic rings. The molecular weight excluding hydrogens is 260 g/mol. The average Bonchev–Trinajstić information content (AvgIpc) is 2.64. The molecule has 2 aromatic rings. The number of rotatable bonds is 3. The average molecular weight is 269 g/mol. The first-order valence-electron chi connectivity index (χ1n) is 4.30. The van der Waals surface area contributed by atoms with Crippen molar-refractivity contribution in [1.82, 2.24) is 24.7 Å². The summed E-state index contributed by atoms with van der Waals surface area (Å²) < 4.78 is 2.50. The number of aryl methyl sites for hydroxylation is 1. The summed E-state index contributed by atoms with van der Waals surface area (Å²) >= 11 is 3.26. The SMILES string of the molecule is Cn1cnc(CNc2ncc(Br)cn2)n1. The van der Waals surface area contributed by atoms with E-state index >= 15 is 0 Å². The van der Waals surface area contributed by atoms with E-state index in [2.05, 4.69) is 41.3 Å². The number of hydrogen-bond donors (Lipinski definition) is 1. The minimum absolute atomic E-state index is 0.516. The number of nitrogens with one attached hydrogen (secondary N) is 1. The van der Waals surface area contributed by atoms with Gasteiger partial charge in [-0.15, -0.1) is 0 Å². The van der Waals surface area contributed by atoms with Gasteiger partial charge in [-0.3, -0.25) is 4.68 Å². The van der Waals surface area contributed by atoms with Gasteiger partial charge < -0.3 is 5.32 Å². The molecule has 15 heavy (non-hydrogen) atoms. The summed E-state index contributed by atoms with van der Waals surface area (Å²) in [7, 11) is 1.83. The molecule has 0 atom stereocenters. The predicted octanol–water partition coefficient (Wildman–Crippen LogP) is 0.980. The van der Waals surface area contributed by atoms with Gasteiger partial charge in [0.25, 0.3) is 0 Å². The fourth-order valence-corrected chi connectivity index (χ4v) is 1.23. The molecule has 0 amide bonds. The van der Waals surface area contributed by atoms with Crippen LogP contribution in [0.1, 0.15) is 5.82 Å². The number of nitrogens with zero attached hydrogens (tertiary/aromatic N) is 5. The Morgan fingerprint density at radius 3 is 2.67 bits per heavy atom. The summed E-state index contributed by atoms with van der Waals surface area (Å²) in [4.78, 5) is 12.2. The Labute approximate surface area is 94.9 Å². The zero-order chi connectivity index (χ0) is 10.7. The van der Waals surface area contributed by atoms with Gasteiger partial charge in [0.05, 0.1) is 11.0 Å². The van der Waals surface area contributed by atoms with Crippen LogP contribution in [0.25, 0.3) is 0 Å². The van der Waals surface area contributed by atoms with Crippen LogP contribution in [0.2, 0.25) is 0 Å². The van der Waals surface area contributed by atoms with E-state index in [-0.39, 0.29) is 0 Å². The first-order valence-corrected chi connectivity index (χ1v) is 5.09. The summed E-state index contributed by atoms with van der Waals surface area (Å²) in [6.07, 6.45) is 5.02. The highest BCUT2D eigenvalue weighted by Gasteiger charge is 1.99. The smallest absolute Gasteiger partial charge is 0.223 e. The van der Waals surface area contributed by atoms with Crippen LogP contribution in [0.5, 0.6) is 0 Å². The van der Waals surface area contributed by atoms with Crippen molar-refractivity contribution in [3.8, 4) is 0 Å². The summed E-state index contributed by atoms with van der Waals surface area (Å²) in [5, 5.41) is 7.14. The van der Waals surface area contributed by atoms with E-state index in [0.29, 0.717) is 18.3 Å². The van der Waals surface area contributed by atoms with Gasteiger partial charge in [-0.25, -0.2) is 15.0 Å². The van der Waals surface area contributed by atoms with Crippen LogP contribution >= 0.6 is 15.9 Å². The molecule has 2 aromatic heterocycles. The lowest BCUT2D eigenvalue weighted by Crippen LogP contribution is -2.05. The minimum atomic E-state index is 0.516. The largest absolute Gasteiger partial charge is 0.347 e. The Morgan fingerprint density at radius 2 is 2.07 bits per heavy atom. The first kappa shape index (κ1) is 10.0. The number of aromatic nitrogens is 5. The quantitative estimate of drug-likeness (QED) is 0.899. The van der Waals surface area contributed by atoms with Gasteiger partial charge in [-0.05, 0) is 15.9 Å². The molecule has 1 N–H and O–H groups in total. The number of halogens is 1. The highest BCUT2D eigenvalue weighted by Crippen LogP contribution is 2.06. The van der Waals surface area contributed by atoms with Gasteiger partial charge >= 0.3 is 0 Å². The summed E-state index contributed by atoms with van der Waals surface area (Å²) in [5.41, 5.74) is 0. The highest BCUT2D eigenvalue weighted by atomic mass is 79.9. The third-order valence-corrected chi connectivity index (χ3v) is 2.08. The van der Waals surface area contributed by atoms with E-state index in [1.54, 1.807) is 23.4 Å². The maximum absolute atomic E-state index is 4.12. The molecule has 0 aliphatic heterocycles. The van der Waals surface area contributed by atoms with Crippen LogP contribution in [0.3, 0.4) is 0 Å². The normalized spacial score (nSPS) is 10.3. The van der Waals surface area contributed by atoms with Crippen LogP contribution in [0, 0.1) is 0 Å². The number of hydrogen-bond acceptors (Lipinski definition) is 5. The molecule has 78 valence electrons. The standard InChI is InChI=1S/C8H9BrN6/c1-15-5-13-7(14-15)4-12-8-10-2-6(9)3-11-8/h2-3,5H,4H2,1H3,(H,10,11,12). The van der Waals surface area contributed by atoms with Crippen molar-refractivity contribution in [3.63, 3.8) is 0 Å². The van der Waals surface area contributed by atoms with Crippen molar-refractivity contribution >= 4 is 21.9 Å². The van der Waals surface area contributed by atoms with Crippen molar-refractivity contribution in [2.45, 2.75) is 6.54 Å². The zero-order valence-electron chi connectivity index (χ0n) is 8.05. The monoisotopic (exact) mass is 268 g/mol. The summed E-state index contributed by atoms with van der Waals surface area (Å²) in [6.45, 7) is 0.516. The molecule has 0 aromatic carbocycles. The van der Waals surface area contributed by atoms with Crippen LogP contribution in [0.15, 0.2) is 23.2 Å². The molecule has 0 unspecified atom stereocenters. The fraction of sp³-hybridized carbons (Fsp3) is 0.250. The third-order valence-electron chi connectivity index (χ3n) is 1.67. The molecule has 0 spiro atoms. The lowest BCUT2D eigenvalue weighted by Gasteiger charge is -2.00. The molecule has 2 rings (SSSR count). The van der Waals surface area contributed by atoms with Gasteiger partial charge in [0.2, 0.25) is 5.95 Å². The third kappa shape index (κ3) is 2.72. The molecule has 0 fully saturated rings. The van der Waals surface area contributed by atoms with Crippen molar-refractivity contribution in [2.24, 2.45) is 7.05 Å². The maximum Gasteiger partial charge on any atom is 0.223 e. The van der Waals surface area contributed by atoms with E-state index in [1.807, 2.05) is 7.05 Å². The second-order valence-electron chi connectivity index (χ2n) is 2.91. The number of anilines is 1. The lowest BCUT2D eigenvalue weighted by molar-refractivity contribution is 0.746. The lowest BCUT2D eigenvalue weighted by atomic mass is 10.6. The molecule has 2 heterocycles. The summed E-state index contributed by atoms with van der Waals surface area (Å²) in [5.74, 6) is 1.27. The second-order valence-corrected chi connectivity index (χ2v) is 3.83. The molecule has 0 aliphatic carbocycles. The predicted molar refractivity (Wildman–Crippen MR) is 58.1 cm³/mol. The zero-order valence-corrected chi connectivity index (χ0v) is 9.64. The van der Waals surface area contributed by atoms with Crippen LogP contribution in [-0.2, 0) is 13.6 Å². The van der Waals surface area contributed by atoms with Gasteiger partial charge in [0, 0.05) is 19.4 Å². The van der Waals surface area contributed by atoms with E-state index in [4.69, 9.17) is 0 Å². The molecule has 0 saturated carbocycles. The maximum atomic E-state index is 4.12. The van der Waals surface area contributed by atoms with Crippen LogP contribution in [0.4, 0.5) is 5.95 Å². The second kappa shape index (κ2) is 4.35. The van der Waals surface area contributed by atoms with Gasteiger partial charge in [0.15, 0.2) is 5.82 Å².